The minimum absolute atomic E-state index is 0.0856. The lowest BCUT2D eigenvalue weighted by molar-refractivity contribution is -0.167. The van der Waals surface area contributed by atoms with Gasteiger partial charge in [-0.2, -0.15) is 0 Å². The first-order valence-corrected chi connectivity index (χ1v) is 28.4. The molecule has 6 nitrogen and oxygen atoms in total. The van der Waals surface area contributed by atoms with Gasteiger partial charge < -0.3 is 14.2 Å². The second-order valence-corrected chi connectivity index (χ2v) is 18.4. The van der Waals surface area contributed by atoms with E-state index in [0.29, 0.717) is 19.3 Å². The highest BCUT2D eigenvalue weighted by atomic mass is 16.6. The highest BCUT2D eigenvalue weighted by Crippen LogP contribution is 2.14. The molecule has 1 atom stereocenters. The zero-order chi connectivity index (χ0) is 50.0. The van der Waals surface area contributed by atoms with Crippen molar-refractivity contribution in [2.24, 2.45) is 0 Å². The Hall–Kier alpha value is -3.93. The van der Waals surface area contributed by atoms with Crippen molar-refractivity contribution in [3.05, 3.63) is 109 Å². The minimum atomic E-state index is -0.786. The Labute approximate surface area is 425 Å². The molecular weight excluding hydrogens is 853 g/mol. The van der Waals surface area contributed by atoms with Crippen LogP contribution in [0.4, 0.5) is 0 Å². The summed E-state index contributed by atoms with van der Waals surface area (Å²) in [6.07, 6.45) is 76.6. The van der Waals surface area contributed by atoms with Gasteiger partial charge in [0, 0.05) is 19.3 Å². The van der Waals surface area contributed by atoms with Gasteiger partial charge in [-0.15, -0.1) is 0 Å². The average molecular weight is 958 g/mol. The maximum atomic E-state index is 12.8. The minimum Gasteiger partial charge on any atom is -0.462 e. The number of hydrogen-bond donors (Lipinski definition) is 0. The van der Waals surface area contributed by atoms with E-state index in [9.17, 15) is 14.4 Å². The van der Waals surface area contributed by atoms with E-state index in [1.54, 1.807) is 0 Å². The van der Waals surface area contributed by atoms with Crippen molar-refractivity contribution >= 4 is 17.9 Å². The molecule has 0 bridgehead atoms. The topological polar surface area (TPSA) is 78.9 Å². The fourth-order valence-electron chi connectivity index (χ4n) is 7.58. The fraction of sp³-hybridized carbons (Fsp3) is 0.667. The van der Waals surface area contributed by atoms with Crippen LogP contribution in [0.5, 0.6) is 0 Å². The normalized spacial score (nSPS) is 12.9. The van der Waals surface area contributed by atoms with Crippen molar-refractivity contribution in [2.45, 2.75) is 258 Å². The van der Waals surface area contributed by atoms with Gasteiger partial charge in [-0.25, -0.2) is 0 Å². The number of ether oxygens (including phenoxy) is 3. The van der Waals surface area contributed by atoms with E-state index in [0.717, 1.165) is 128 Å². The van der Waals surface area contributed by atoms with Crippen LogP contribution in [0.1, 0.15) is 252 Å². The molecular formula is C63H104O6. The van der Waals surface area contributed by atoms with E-state index in [1.807, 2.05) is 0 Å². The Morgan fingerprint density at radius 1 is 0.304 bits per heavy atom. The highest BCUT2D eigenvalue weighted by Gasteiger charge is 2.19. The molecule has 392 valence electrons. The second kappa shape index (κ2) is 56.7. The monoisotopic (exact) mass is 957 g/mol. The summed E-state index contributed by atoms with van der Waals surface area (Å²) in [4.78, 5) is 38.0. The Morgan fingerprint density at radius 3 is 0.884 bits per heavy atom. The lowest BCUT2D eigenvalue weighted by Gasteiger charge is -2.18. The van der Waals surface area contributed by atoms with Gasteiger partial charge in [-0.1, -0.05) is 239 Å². The third kappa shape index (κ3) is 54.9. The Balaban J connectivity index is 4.26. The molecule has 0 radical (unpaired) electrons. The standard InChI is InChI=1S/C63H104O6/c1-4-7-10-13-16-18-20-22-24-26-28-30-31-33-34-36-38-40-42-44-47-50-53-56-62(65)68-59-60(58-67-61(64)55-52-49-46-15-12-9-6-3)69-63(66)57-54-51-48-45-43-41-39-37-35-32-29-27-25-23-21-19-17-14-11-8-5-2/h7-8,10-11,16-19,22-25,28-30,32-34,60H,4-6,9,12-15,20-21,26-27,31,35-59H2,1-3H3/b10-7-,11-8-,18-16-,19-17-,24-22-,25-23-,30-28-,32-29-,34-33-. The van der Waals surface area contributed by atoms with Gasteiger partial charge in [-0.3, -0.25) is 14.4 Å². The van der Waals surface area contributed by atoms with E-state index in [2.05, 4.69) is 130 Å². The van der Waals surface area contributed by atoms with Crippen LogP contribution in [0.2, 0.25) is 0 Å². The molecule has 0 spiro atoms. The number of unbranched alkanes of at least 4 members (excludes halogenated alkanes) is 21. The van der Waals surface area contributed by atoms with Gasteiger partial charge in [0.25, 0.3) is 0 Å². The maximum Gasteiger partial charge on any atom is 0.306 e. The molecule has 0 saturated carbocycles. The van der Waals surface area contributed by atoms with Crippen LogP contribution in [0.3, 0.4) is 0 Å². The molecule has 0 aliphatic rings. The molecule has 0 aliphatic carbocycles. The summed E-state index contributed by atoms with van der Waals surface area (Å²) >= 11 is 0. The Morgan fingerprint density at radius 2 is 0.565 bits per heavy atom. The largest absolute Gasteiger partial charge is 0.462 e. The molecule has 0 N–H and O–H groups in total. The molecule has 0 aromatic carbocycles. The first kappa shape index (κ1) is 65.1. The Kier molecular flexibility index (Phi) is 53.4. The summed E-state index contributed by atoms with van der Waals surface area (Å²) < 4.78 is 16.8. The van der Waals surface area contributed by atoms with Crippen LogP contribution >= 0.6 is 0 Å². The van der Waals surface area contributed by atoms with E-state index < -0.39 is 6.10 Å². The number of carbonyl (C=O) groups is 3. The molecule has 0 rings (SSSR count). The van der Waals surface area contributed by atoms with Crippen molar-refractivity contribution in [2.75, 3.05) is 13.2 Å². The molecule has 0 fully saturated rings. The molecule has 69 heavy (non-hydrogen) atoms. The summed E-state index contributed by atoms with van der Waals surface area (Å²) in [5.74, 6) is -0.912. The van der Waals surface area contributed by atoms with Gasteiger partial charge in [0.2, 0.25) is 0 Å². The smallest absolute Gasteiger partial charge is 0.306 e. The quantitative estimate of drug-likeness (QED) is 0.0262. The number of allylic oxidation sites excluding steroid dienone is 18. The lowest BCUT2D eigenvalue weighted by atomic mass is 10.1. The molecule has 0 aromatic heterocycles. The van der Waals surface area contributed by atoms with Gasteiger partial charge in [-0.05, 0) is 103 Å². The summed E-state index contributed by atoms with van der Waals surface area (Å²) in [5, 5.41) is 0. The van der Waals surface area contributed by atoms with Gasteiger partial charge >= 0.3 is 17.9 Å². The van der Waals surface area contributed by atoms with Crippen LogP contribution in [0.15, 0.2) is 109 Å². The molecule has 6 heteroatoms. The van der Waals surface area contributed by atoms with Crippen molar-refractivity contribution in [1.82, 2.24) is 0 Å². The van der Waals surface area contributed by atoms with E-state index >= 15 is 0 Å². The zero-order valence-corrected chi connectivity index (χ0v) is 44.8. The summed E-state index contributed by atoms with van der Waals surface area (Å²) in [7, 11) is 0. The van der Waals surface area contributed by atoms with Crippen molar-refractivity contribution in [3.8, 4) is 0 Å². The molecule has 0 amide bonds. The predicted octanol–water partition coefficient (Wildman–Crippen LogP) is 19.1. The molecule has 0 saturated heterocycles. The number of carbonyl (C=O) groups excluding carboxylic acids is 3. The van der Waals surface area contributed by atoms with Gasteiger partial charge in [0.15, 0.2) is 6.10 Å². The number of rotatable bonds is 50. The van der Waals surface area contributed by atoms with Crippen LogP contribution < -0.4 is 0 Å². The van der Waals surface area contributed by atoms with E-state index in [4.69, 9.17) is 14.2 Å². The van der Waals surface area contributed by atoms with Crippen molar-refractivity contribution < 1.29 is 28.6 Å². The SMILES string of the molecule is CC/C=C\C/C=C\C/C=C\C/C=C\C/C=C\CCCCCCCCCC(=O)OCC(COC(=O)CCCCCCCCC)OC(=O)CCCCCCCCCC/C=C\C/C=C\C/C=C\C/C=C\CC. The maximum absolute atomic E-state index is 12.8. The van der Waals surface area contributed by atoms with E-state index in [1.165, 1.54) is 83.5 Å². The highest BCUT2D eigenvalue weighted by molar-refractivity contribution is 5.71. The van der Waals surface area contributed by atoms with Gasteiger partial charge in [0.05, 0.1) is 0 Å². The van der Waals surface area contributed by atoms with Crippen LogP contribution in [-0.4, -0.2) is 37.2 Å². The summed E-state index contributed by atoms with van der Waals surface area (Å²) in [5.41, 5.74) is 0. The molecule has 1 unspecified atom stereocenters. The molecule has 0 aliphatic heterocycles. The van der Waals surface area contributed by atoms with Gasteiger partial charge in [0.1, 0.15) is 13.2 Å². The number of hydrogen-bond acceptors (Lipinski definition) is 6. The van der Waals surface area contributed by atoms with Crippen LogP contribution in [-0.2, 0) is 28.6 Å². The number of esters is 3. The van der Waals surface area contributed by atoms with Crippen molar-refractivity contribution in [1.29, 1.82) is 0 Å². The van der Waals surface area contributed by atoms with E-state index in [-0.39, 0.29) is 31.1 Å². The third-order valence-electron chi connectivity index (χ3n) is 11.8. The average Bonchev–Trinajstić information content (AvgIpc) is 3.35. The first-order chi connectivity index (χ1) is 34.0. The third-order valence-corrected chi connectivity index (χ3v) is 11.8. The van der Waals surface area contributed by atoms with Crippen LogP contribution in [0.25, 0.3) is 0 Å². The second-order valence-electron chi connectivity index (χ2n) is 18.4. The van der Waals surface area contributed by atoms with Crippen LogP contribution in [0, 0.1) is 0 Å². The molecule has 0 aromatic rings. The Bertz CT molecular complexity index is 1420. The summed E-state index contributed by atoms with van der Waals surface area (Å²) in [6.45, 7) is 6.35. The van der Waals surface area contributed by atoms with Crippen molar-refractivity contribution in [3.63, 3.8) is 0 Å². The first-order valence-electron chi connectivity index (χ1n) is 28.4. The summed E-state index contributed by atoms with van der Waals surface area (Å²) in [6, 6.07) is 0. The lowest BCUT2D eigenvalue weighted by Crippen LogP contribution is -2.30. The zero-order valence-electron chi connectivity index (χ0n) is 44.8. The fourth-order valence-corrected chi connectivity index (χ4v) is 7.58. The predicted molar refractivity (Wildman–Crippen MR) is 297 cm³/mol. The molecule has 0 heterocycles.